The average Bonchev–Trinajstić information content (AvgIpc) is 2.34. The molecule has 0 spiro atoms. The van der Waals surface area contributed by atoms with E-state index in [2.05, 4.69) is 0 Å². The molecule has 0 saturated heterocycles. The Labute approximate surface area is 107 Å². The summed E-state index contributed by atoms with van der Waals surface area (Å²) < 4.78 is 1.29. The number of pyridine rings is 1. The van der Waals surface area contributed by atoms with Crippen LogP contribution in [0.1, 0.15) is 5.56 Å². The van der Waals surface area contributed by atoms with Crippen LogP contribution in [-0.2, 0) is 6.54 Å². The van der Waals surface area contributed by atoms with Crippen molar-refractivity contribution in [2.75, 3.05) is 0 Å². The van der Waals surface area contributed by atoms with Gasteiger partial charge in [0.1, 0.15) is 0 Å². The molecule has 1 aromatic carbocycles. The van der Waals surface area contributed by atoms with E-state index in [-0.39, 0.29) is 6.54 Å². The predicted octanol–water partition coefficient (Wildman–Crippen LogP) is 2.46. The van der Waals surface area contributed by atoms with E-state index in [4.69, 9.17) is 11.6 Å². The number of benzene rings is 1. The molecule has 0 amide bonds. The average molecular weight is 265 g/mol. The minimum absolute atomic E-state index is 0.275. The van der Waals surface area contributed by atoms with Gasteiger partial charge >= 0.3 is 11.2 Å². The van der Waals surface area contributed by atoms with Crippen molar-refractivity contribution in [1.29, 1.82) is 0 Å². The molecule has 0 aliphatic heterocycles. The molecule has 0 bridgehead atoms. The number of halogens is 1. The zero-order valence-corrected chi connectivity index (χ0v) is 10.0. The van der Waals surface area contributed by atoms with Crippen LogP contribution < -0.4 is 5.56 Å². The van der Waals surface area contributed by atoms with E-state index in [1.54, 1.807) is 24.3 Å². The van der Waals surface area contributed by atoms with E-state index in [1.807, 2.05) is 0 Å². The van der Waals surface area contributed by atoms with Crippen LogP contribution in [0.25, 0.3) is 0 Å². The topological polar surface area (TPSA) is 65.1 Å². The standard InChI is InChI=1S/C12H9ClN2O3/c13-10-5-3-9(4-6-10)8-14-7-1-2-11(12(14)16)15(17)18/h1-7H,8H2. The summed E-state index contributed by atoms with van der Waals surface area (Å²) in [5.74, 6) is 0. The van der Waals surface area contributed by atoms with Crippen molar-refractivity contribution >= 4 is 17.3 Å². The monoisotopic (exact) mass is 264 g/mol. The van der Waals surface area contributed by atoms with Gasteiger partial charge in [-0.15, -0.1) is 0 Å². The number of hydrogen-bond donors (Lipinski definition) is 0. The molecule has 0 aliphatic rings. The van der Waals surface area contributed by atoms with Crippen LogP contribution in [0.2, 0.25) is 5.02 Å². The Kier molecular flexibility index (Phi) is 3.43. The Morgan fingerprint density at radius 3 is 2.50 bits per heavy atom. The van der Waals surface area contributed by atoms with Crippen molar-refractivity contribution in [3.05, 3.63) is 73.6 Å². The first kappa shape index (κ1) is 12.3. The van der Waals surface area contributed by atoms with Gasteiger partial charge in [0.25, 0.3) is 0 Å². The second kappa shape index (κ2) is 5.01. The minimum atomic E-state index is -0.680. The summed E-state index contributed by atoms with van der Waals surface area (Å²) in [6.07, 6.45) is 1.52. The molecule has 6 heteroatoms. The first-order valence-corrected chi connectivity index (χ1v) is 5.54. The number of hydrogen-bond acceptors (Lipinski definition) is 3. The fourth-order valence-corrected chi connectivity index (χ4v) is 1.70. The van der Waals surface area contributed by atoms with Crippen LogP contribution in [0, 0.1) is 10.1 Å². The van der Waals surface area contributed by atoms with E-state index in [1.165, 1.54) is 22.9 Å². The number of aromatic nitrogens is 1. The van der Waals surface area contributed by atoms with Gasteiger partial charge in [-0.3, -0.25) is 14.9 Å². The summed E-state index contributed by atoms with van der Waals surface area (Å²) in [6, 6.07) is 9.63. The molecule has 2 rings (SSSR count). The highest BCUT2D eigenvalue weighted by Gasteiger charge is 2.13. The third kappa shape index (κ3) is 2.57. The summed E-state index contributed by atoms with van der Waals surface area (Å²) in [4.78, 5) is 21.7. The fraction of sp³-hybridized carbons (Fsp3) is 0.0833. The SMILES string of the molecule is O=c1c([N+](=O)[O-])cccn1Cc1ccc(Cl)cc1. The van der Waals surface area contributed by atoms with Gasteiger partial charge in [-0.2, -0.15) is 0 Å². The second-order valence-electron chi connectivity index (χ2n) is 3.71. The third-order valence-electron chi connectivity index (χ3n) is 2.46. The van der Waals surface area contributed by atoms with Gasteiger partial charge in [0, 0.05) is 17.3 Å². The Morgan fingerprint density at radius 1 is 1.22 bits per heavy atom. The predicted molar refractivity (Wildman–Crippen MR) is 67.9 cm³/mol. The highest BCUT2D eigenvalue weighted by atomic mass is 35.5. The van der Waals surface area contributed by atoms with Gasteiger partial charge in [0.2, 0.25) is 0 Å². The summed E-state index contributed by atoms with van der Waals surface area (Å²) in [6.45, 7) is 0.275. The van der Waals surface area contributed by atoms with E-state index in [0.717, 1.165) is 5.56 Å². The van der Waals surface area contributed by atoms with Gasteiger partial charge in [-0.25, -0.2) is 0 Å². The molecule has 0 N–H and O–H groups in total. The van der Waals surface area contributed by atoms with Crippen LogP contribution in [0.4, 0.5) is 5.69 Å². The van der Waals surface area contributed by atoms with E-state index in [9.17, 15) is 14.9 Å². The Morgan fingerprint density at radius 2 is 1.89 bits per heavy atom. The first-order valence-electron chi connectivity index (χ1n) is 5.16. The maximum Gasteiger partial charge on any atom is 0.334 e. The van der Waals surface area contributed by atoms with Gasteiger partial charge in [0.15, 0.2) is 0 Å². The van der Waals surface area contributed by atoms with E-state index in [0.29, 0.717) is 5.02 Å². The molecule has 18 heavy (non-hydrogen) atoms. The minimum Gasteiger partial charge on any atom is -0.305 e. The molecule has 0 atom stereocenters. The van der Waals surface area contributed by atoms with Crippen molar-refractivity contribution in [2.45, 2.75) is 6.54 Å². The van der Waals surface area contributed by atoms with Gasteiger partial charge in [0.05, 0.1) is 11.5 Å². The molecular weight excluding hydrogens is 256 g/mol. The lowest BCUT2D eigenvalue weighted by molar-refractivity contribution is -0.386. The summed E-state index contributed by atoms with van der Waals surface area (Å²) in [5, 5.41) is 11.2. The number of nitrogens with zero attached hydrogens (tertiary/aromatic N) is 2. The van der Waals surface area contributed by atoms with E-state index >= 15 is 0 Å². The molecule has 0 fully saturated rings. The third-order valence-corrected chi connectivity index (χ3v) is 2.71. The van der Waals surface area contributed by atoms with Crippen LogP contribution in [0.3, 0.4) is 0 Å². The van der Waals surface area contributed by atoms with Crippen LogP contribution in [-0.4, -0.2) is 9.49 Å². The molecule has 92 valence electrons. The molecule has 0 saturated carbocycles. The largest absolute Gasteiger partial charge is 0.334 e. The molecule has 0 unspecified atom stereocenters. The highest BCUT2D eigenvalue weighted by molar-refractivity contribution is 6.30. The van der Waals surface area contributed by atoms with Crippen molar-refractivity contribution in [1.82, 2.24) is 4.57 Å². The zero-order chi connectivity index (χ0) is 13.1. The second-order valence-corrected chi connectivity index (χ2v) is 4.15. The van der Waals surface area contributed by atoms with Crippen molar-refractivity contribution in [3.8, 4) is 0 Å². The molecule has 1 aromatic heterocycles. The van der Waals surface area contributed by atoms with Gasteiger partial charge in [-0.05, 0) is 23.8 Å². The van der Waals surface area contributed by atoms with Crippen molar-refractivity contribution in [3.63, 3.8) is 0 Å². The summed E-state index contributed by atoms with van der Waals surface area (Å²) in [5.41, 5.74) is -0.189. The zero-order valence-electron chi connectivity index (χ0n) is 9.25. The molecule has 5 nitrogen and oxygen atoms in total. The lowest BCUT2D eigenvalue weighted by atomic mass is 10.2. The van der Waals surface area contributed by atoms with Gasteiger partial charge in [-0.1, -0.05) is 23.7 Å². The molecule has 1 heterocycles. The van der Waals surface area contributed by atoms with Crippen LogP contribution in [0.15, 0.2) is 47.4 Å². The van der Waals surface area contributed by atoms with Crippen LogP contribution >= 0.6 is 11.6 Å². The first-order chi connectivity index (χ1) is 8.58. The lowest BCUT2D eigenvalue weighted by Gasteiger charge is -2.05. The van der Waals surface area contributed by atoms with Crippen molar-refractivity contribution < 1.29 is 4.92 Å². The van der Waals surface area contributed by atoms with Gasteiger partial charge < -0.3 is 4.57 Å². The maximum absolute atomic E-state index is 11.8. The smallest absolute Gasteiger partial charge is 0.305 e. The summed E-state index contributed by atoms with van der Waals surface area (Å²) in [7, 11) is 0. The Hall–Kier alpha value is -2.14. The Balaban J connectivity index is 2.35. The quantitative estimate of drug-likeness (QED) is 0.632. The molecule has 0 aliphatic carbocycles. The lowest BCUT2D eigenvalue weighted by Crippen LogP contribution is -2.22. The Bertz CT molecular complexity index is 635. The normalized spacial score (nSPS) is 10.3. The fourth-order valence-electron chi connectivity index (χ4n) is 1.57. The number of nitro groups is 1. The molecule has 2 aromatic rings. The molecule has 0 radical (unpaired) electrons. The summed E-state index contributed by atoms with van der Waals surface area (Å²) >= 11 is 5.75. The molecular formula is C12H9ClN2O3. The number of rotatable bonds is 3. The van der Waals surface area contributed by atoms with E-state index < -0.39 is 16.2 Å². The highest BCUT2D eigenvalue weighted by Crippen LogP contribution is 2.10. The maximum atomic E-state index is 11.8. The van der Waals surface area contributed by atoms with Crippen molar-refractivity contribution in [2.24, 2.45) is 0 Å². The van der Waals surface area contributed by atoms with Crippen LogP contribution in [0.5, 0.6) is 0 Å².